The predicted molar refractivity (Wildman–Crippen MR) is 76.8 cm³/mol. The maximum Gasteiger partial charge on any atom is 0.199 e. The van der Waals surface area contributed by atoms with E-state index in [9.17, 15) is 9.59 Å². The lowest BCUT2D eigenvalue weighted by molar-refractivity contribution is 0.107. The molecule has 0 radical (unpaired) electrons. The lowest BCUT2D eigenvalue weighted by Crippen LogP contribution is -2.01. The van der Waals surface area contributed by atoms with Gasteiger partial charge in [-0.3, -0.25) is 9.59 Å². The Hall–Kier alpha value is -0.740. The topological polar surface area (TPSA) is 34.1 Å². The van der Waals surface area contributed by atoms with Crippen LogP contribution in [0.1, 0.15) is 20.7 Å². The second-order valence-corrected chi connectivity index (χ2v) is 8.37. The molecule has 0 unspecified atom stereocenters. The number of rotatable bonds is 2. The van der Waals surface area contributed by atoms with E-state index in [4.69, 9.17) is 0 Å². The normalized spacial score (nSPS) is 12.0. The van der Waals surface area contributed by atoms with Gasteiger partial charge in [0.05, 0.1) is 0 Å². The summed E-state index contributed by atoms with van der Waals surface area (Å²) in [4.78, 5) is 23.4. The third-order valence-corrected chi connectivity index (χ3v) is 4.33. The van der Waals surface area contributed by atoms with Crippen LogP contribution in [0.2, 0.25) is 0 Å². The Morgan fingerprint density at radius 3 is 1.19 bits per heavy atom. The van der Waals surface area contributed by atoms with Crippen molar-refractivity contribution in [3.63, 3.8) is 0 Å². The molecule has 0 saturated heterocycles. The van der Waals surface area contributed by atoms with Gasteiger partial charge in [0.25, 0.3) is 0 Å². The minimum atomic E-state index is -0.595. The number of hydrogen-bond acceptors (Lipinski definition) is 2. The van der Waals surface area contributed by atoms with E-state index in [0.29, 0.717) is 11.1 Å². The van der Waals surface area contributed by atoms with E-state index in [2.05, 4.69) is 0 Å². The number of thiol groups is 2. The summed E-state index contributed by atoms with van der Waals surface area (Å²) in [6.45, 7) is 0. The highest BCUT2D eigenvalue weighted by Crippen LogP contribution is 2.24. The molecule has 4 heteroatoms. The summed E-state index contributed by atoms with van der Waals surface area (Å²) in [5.74, 6) is 0. The molecule has 1 aromatic carbocycles. The second kappa shape index (κ2) is 5.55. The van der Waals surface area contributed by atoms with Crippen LogP contribution in [-0.2, 0) is 0 Å². The monoisotopic (exact) mass is 258 g/mol. The molecule has 0 spiro atoms. The zero-order valence-corrected chi connectivity index (χ0v) is 11.8. The summed E-state index contributed by atoms with van der Waals surface area (Å²) in [6.07, 6.45) is 7.75. The van der Waals surface area contributed by atoms with Crippen LogP contribution in [0.3, 0.4) is 0 Å². The van der Waals surface area contributed by atoms with Crippen molar-refractivity contribution in [1.82, 2.24) is 0 Å². The summed E-state index contributed by atoms with van der Waals surface area (Å²) in [7, 11) is -1.19. The van der Waals surface area contributed by atoms with Gasteiger partial charge in [-0.1, -0.05) is 0 Å². The van der Waals surface area contributed by atoms with Crippen LogP contribution >= 0.6 is 21.8 Å². The molecule has 90 valence electrons. The van der Waals surface area contributed by atoms with Gasteiger partial charge < -0.3 is 0 Å². The van der Waals surface area contributed by atoms with E-state index in [1.165, 1.54) is 0 Å². The van der Waals surface area contributed by atoms with Crippen LogP contribution < -0.4 is 0 Å². The average Bonchev–Trinajstić information content (AvgIpc) is 2.27. The zero-order chi connectivity index (χ0) is 12.3. The molecule has 0 fully saturated rings. The third-order valence-electron chi connectivity index (χ3n) is 2.19. The van der Waals surface area contributed by atoms with E-state index in [1.54, 1.807) is 24.3 Å². The van der Waals surface area contributed by atoms with Crippen molar-refractivity contribution < 1.29 is 9.59 Å². The second-order valence-electron chi connectivity index (χ2n) is 3.98. The summed E-state index contributed by atoms with van der Waals surface area (Å²) in [6, 6.07) is 7.04. The maximum atomic E-state index is 11.7. The van der Waals surface area contributed by atoms with Crippen molar-refractivity contribution in [2.75, 3.05) is 25.0 Å². The molecule has 0 amide bonds. The summed E-state index contributed by atoms with van der Waals surface area (Å²) in [5.41, 5.74) is 1.42. The van der Waals surface area contributed by atoms with Gasteiger partial charge in [0, 0.05) is 11.1 Å². The number of carbonyl (C=O) groups excluding carboxylic acids is 2. The molecule has 2 nitrogen and oxygen atoms in total. The molecule has 0 heterocycles. The molecule has 1 aromatic rings. The van der Waals surface area contributed by atoms with Crippen molar-refractivity contribution in [2.24, 2.45) is 0 Å². The molecule has 0 bridgehead atoms. The molecular formula is C12H18O2S2. The maximum absolute atomic E-state index is 11.7. The Morgan fingerprint density at radius 2 is 1.00 bits per heavy atom. The first-order valence-corrected chi connectivity index (χ1v) is 9.44. The first kappa shape index (κ1) is 13.3. The minimum Gasteiger partial charge on any atom is -0.284 e. The van der Waals surface area contributed by atoms with Gasteiger partial charge >= 0.3 is 0 Å². The van der Waals surface area contributed by atoms with Gasteiger partial charge in [0.1, 0.15) is 0 Å². The first-order chi connectivity index (χ1) is 7.43. The minimum absolute atomic E-state index is 0.185. The van der Waals surface area contributed by atoms with Crippen LogP contribution in [0.5, 0.6) is 0 Å². The van der Waals surface area contributed by atoms with Gasteiger partial charge in [0.15, 0.2) is 10.2 Å². The molecule has 1 rings (SSSR count). The number of carbonyl (C=O) groups is 2. The Bertz CT molecular complexity index is 355. The van der Waals surface area contributed by atoms with Gasteiger partial charge in [-0.25, -0.2) is 0 Å². The van der Waals surface area contributed by atoms with Crippen LogP contribution in [0.15, 0.2) is 24.3 Å². The average molecular weight is 258 g/mol. The highest BCUT2D eigenvalue weighted by Gasteiger charge is 2.10. The molecule has 0 aliphatic rings. The smallest absolute Gasteiger partial charge is 0.199 e. The van der Waals surface area contributed by atoms with E-state index in [1.807, 2.05) is 25.0 Å². The lowest BCUT2D eigenvalue weighted by atomic mass is 10.2. The fourth-order valence-corrected chi connectivity index (χ4v) is 2.60. The molecule has 0 aliphatic carbocycles. The van der Waals surface area contributed by atoms with Crippen molar-refractivity contribution >= 4 is 32.0 Å². The molecule has 0 aromatic heterocycles. The van der Waals surface area contributed by atoms with Crippen molar-refractivity contribution in [3.8, 4) is 0 Å². The quantitative estimate of drug-likeness (QED) is 0.799. The molecule has 0 aliphatic heterocycles. The van der Waals surface area contributed by atoms with Gasteiger partial charge in [-0.05, 0) is 49.3 Å². The Morgan fingerprint density at radius 1 is 0.750 bits per heavy atom. The summed E-state index contributed by atoms with van der Waals surface area (Å²) < 4.78 is 0. The van der Waals surface area contributed by atoms with Crippen LogP contribution in [0.25, 0.3) is 0 Å². The van der Waals surface area contributed by atoms with Crippen molar-refractivity contribution in [3.05, 3.63) is 35.4 Å². The van der Waals surface area contributed by atoms with E-state index < -0.39 is 21.8 Å². The molecular weight excluding hydrogens is 240 g/mol. The summed E-state index contributed by atoms with van der Waals surface area (Å²) in [5, 5.41) is 0.369. The molecule has 0 saturated carbocycles. The van der Waals surface area contributed by atoms with E-state index >= 15 is 0 Å². The fourth-order valence-electron chi connectivity index (χ4n) is 1.27. The third kappa shape index (κ3) is 3.12. The van der Waals surface area contributed by atoms with Crippen LogP contribution in [-0.4, -0.2) is 35.3 Å². The number of benzene rings is 1. The van der Waals surface area contributed by atoms with E-state index in [0.717, 1.165) is 0 Å². The Kier molecular flexibility index (Phi) is 4.62. The van der Waals surface area contributed by atoms with E-state index in [-0.39, 0.29) is 10.2 Å². The van der Waals surface area contributed by atoms with Crippen LogP contribution in [0.4, 0.5) is 0 Å². The standard InChI is InChI=1S/C12H18O2S2/c1-15(2)11(13)9-5-7-10(8-6-9)12(14)16(3)4/h5-8,15-16H,1-4H3. The zero-order valence-electron chi connectivity index (χ0n) is 10.0. The predicted octanol–water partition coefficient (Wildman–Crippen LogP) is 2.49. The first-order valence-electron chi connectivity index (χ1n) is 4.97. The van der Waals surface area contributed by atoms with Crippen molar-refractivity contribution in [1.29, 1.82) is 0 Å². The highest BCUT2D eigenvalue weighted by molar-refractivity contribution is 8.29. The SMILES string of the molecule is C[SH](C)C(=O)c1ccc(C(=O)[SH](C)C)cc1. The van der Waals surface area contributed by atoms with Gasteiger partial charge in [-0.2, -0.15) is 21.8 Å². The lowest BCUT2D eigenvalue weighted by Gasteiger charge is -2.10. The van der Waals surface area contributed by atoms with Crippen LogP contribution in [0, 0.1) is 0 Å². The highest BCUT2D eigenvalue weighted by atomic mass is 32.2. The summed E-state index contributed by atoms with van der Waals surface area (Å²) >= 11 is 0. The van der Waals surface area contributed by atoms with Crippen molar-refractivity contribution in [2.45, 2.75) is 0 Å². The Labute approximate surface area is 102 Å². The Balaban J connectivity index is 2.92. The molecule has 16 heavy (non-hydrogen) atoms. The molecule has 0 atom stereocenters. The fraction of sp³-hybridized carbons (Fsp3) is 0.333. The largest absolute Gasteiger partial charge is 0.284 e. The van der Waals surface area contributed by atoms with Gasteiger partial charge in [0.2, 0.25) is 0 Å². The molecule has 0 N–H and O–H groups in total. The number of hydrogen-bond donors (Lipinski definition) is 2. The van der Waals surface area contributed by atoms with Gasteiger partial charge in [-0.15, -0.1) is 0 Å².